The lowest BCUT2D eigenvalue weighted by Gasteiger charge is -2.19. The van der Waals surface area contributed by atoms with Gasteiger partial charge in [0.25, 0.3) is 0 Å². The van der Waals surface area contributed by atoms with Crippen LogP contribution in [0.4, 0.5) is 26.3 Å². The zero-order chi connectivity index (χ0) is 31.9. The molecule has 6 aromatic rings. The summed E-state index contributed by atoms with van der Waals surface area (Å²) >= 11 is 6.04. The van der Waals surface area contributed by atoms with Gasteiger partial charge in [0.05, 0.1) is 33.7 Å². The van der Waals surface area contributed by atoms with Crippen molar-refractivity contribution in [3.05, 3.63) is 113 Å². The molecule has 1 atom stereocenters. The Labute approximate surface area is 253 Å². The molecule has 11 nitrogen and oxygen atoms in total. The lowest BCUT2D eigenvalue weighted by atomic mass is 10.0. The minimum atomic E-state index is -4.66. The summed E-state index contributed by atoms with van der Waals surface area (Å²) in [7, 11) is 0. The zero-order valence-corrected chi connectivity index (χ0v) is 23.1. The van der Waals surface area contributed by atoms with Crippen LogP contribution in [-0.2, 0) is 12.6 Å². The Kier molecular flexibility index (Phi) is 7.69. The second-order valence-corrected chi connectivity index (χ2v) is 10.0. The summed E-state index contributed by atoms with van der Waals surface area (Å²) in [6.07, 6.45) is 2.48. The monoisotopic (exact) mass is 646 g/mol. The number of rotatable bonds is 8. The number of nitrogens with zero attached hydrogens (tertiary/aromatic N) is 10. The second-order valence-electron chi connectivity index (χ2n) is 9.60. The van der Waals surface area contributed by atoms with Gasteiger partial charge in [-0.1, -0.05) is 17.7 Å². The molecule has 230 valence electrons. The number of hydrogen-bond donors (Lipinski definition) is 0. The summed E-state index contributed by atoms with van der Waals surface area (Å²) in [6, 6.07) is 8.00. The number of halogens is 7. The predicted molar refractivity (Wildman–Crippen MR) is 144 cm³/mol. The quantitative estimate of drug-likeness (QED) is 0.122. The van der Waals surface area contributed by atoms with Gasteiger partial charge in [-0.2, -0.15) is 41.6 Å². The maximum Gasteiger partial charge on any atom is 0.433 e. The van der Waals surface area contributed by atoms with Crippen LogP contribution in [0.5, 0.6) is 0 Å². The predicted octanol–water partition coefficient (Wildman–Crippen LogP) is 5.46. The van der Waals surface area contributed by atoms with E-state index >= 15 is 4.39 Å². The van der Waals surface area contributed by atoms with Crippen LogP contribution in [0.3, 0.4) is 0 Å². The number of alkyl halides is 5. The molecule has 5 aromatic heterocycles. The fourth-order valence-corrected chi connectivity index (χ4v) is 4.94. The topological polar surface area (TPSA) is 119 Å². The van der Waals surface area contributed by atoms with Crippen LogP contribution in [-0.4, -0.2) is 44.8 Å². The van der Waals surface area contributed by atoms with E-state index in [4.69, 9.17) is 11.6 Å². The van der Waals surface area contributed by atoms with E-state index in [1.807, 2.05) is 0 Å². The molecule has 1 aromatic carbocycles. The van der Waals surface area contributed by atoms with Gasteiger partial charge in [0.15, 0.2) is 12.0 Å². The van der Waals surface area contributed by atoms with Crippen LogP contribution >= 0.6 is 11.6 Å². The number of hydrogen-bond acceptors (Lipinski definition) is 7. The molecular weight excluding hydrogens is 630 g/mol. The first-order valence-electron chi connectivity index (χ1n) is 12.8. The molecule has 0 fully saturated rings. The van der Waals surface area contributed by atoms with Gasteiger partial charge in [0, 0.05) is 36.6 Å². The van der Waals surface area contributed by atoms with E-state index in [1.165, 1.54) is 70.7 Å². The molecule has 0 aliphatic heterocycles. The molecule has 18 heteroatoms. The maximum absolute atomic E-state index is 15.3. The Morgan fingerprint density at radius 3 is 2.47 bits per heavy atom. The molecule has 0 amide bonds. The largest absolute Gasteiger partial charge is 0.618 e. The zero-order valence-electron chi connectivity index (χ0n) is 22.4. The summed E-state index contributed by atoms with van der Waals surface area (Å²) in [4.78, 5) is 3.49. The van der Waals surface area contributed by atoms with Crippen molar-refractivity contribution in [3.8, 4) is 28.1 Å². The number of pyridine rings is 2. The van der Waals surface area contributed by atoms with Gasteiger partial charge in [-0.25, -0.2) is 9.07 Å². The van der Waals surface area contributed by atoms with Crippen LogP contribution in [0, 0.1) is 11.0 Å². The SMILES string of the molecule is [O-][n+]1cc(-c2c(-n3cnnn3)ccc(Cl)c2F)ccc1[C@H](Cc1ccc(C(F)(F)F)nc1)n1cc(-c2ccnn2C(F)F)cn1. The summed E-state index contributed by atoms with van der Waals surface area (Å²) in [5.74, 6) is -0.836. The summed E-state index contributed by atoms with van der Waals surface area (Å²) < 4.78 is 85.1. The average molecular weight is 647 g/mol. The first kappa shape index (κ1) is 29.7. The molecular formula is C27H17ClF6N10O. The molecule has 5 heterocycles. The Hall–Kier alpha value is -5.32. The standard InChI is InChI=1S/C27H17ClF6N10O/c28-18-3-5-21(42-14-36-39-40-42)24(25(18)29)16-2-4-20(43(45)13-16)22(9-15-1-6-23(35-10-15)27(32,33)34)41-12-17(11-38-41)19-7-8-37-44(19)26(30)31/h1-8,10-14,22,26H,9H2/t22-/m0/s1. The van der Waals surface area contributed by atoms with Crippen molar-refractivity contribution in [1.82, 2.24) is 44.8 Å². The number of tetrazole rings is 1. The molecule has 0 N–H and O–H groups in total. The average Bonchev–Trinajstić information content (AvgIpc) is 3.79. The first-order valence-corrected chi connectivity index (χ1v) is 13.2. The lowest BCUT2D eigenvalue weighted by Crippen LogP contribution is -2.36. The molecule has 0 spiro atoms. The third-order valence-electron chi connectivity index (χ3n) is 6.86. The van der Waals surface area contributed by atoms with E-state index in [2.05, 4.69) is 30.7 Å². The normalized spacial score (nSPS) is 12.6. The van der Waals surface area contributed by atoms with Crippen LogP contribution < -0.4 is 4.73 Å². The lowest BCUT2D eigenvalue weighted by molar-refractivity contribution is -0.615. The summed E-state index contributed by atoms with van der Waals surface area (Å²) in [6.45, 7) is -2.94. The van der Waals surface area contributed by atoms with E-state index in [0.717, 1.165) is 18.5 Å². The van der Waals surface area contributed by atoms with Gasteiger partial charge in [-0.3, -0.25) is 9.67 Å². The van der Waals surface area contributed by atoms with Crippen LogP contribution in [0.25, 0.3) is 28.1 Å². The van der Waals surface area contributed by atoms with Crippen LogP contribution in [0.1, 0.15) is 29.5 Å². The molecule has 0 saturated heterocycles. The molecule has 45 heavy (non-hydrogen) atoms. The van der Waals surface area contributed by atoms with Gasteiger partial charge in [-0.05, 0) is 46.3 Å². The van der Waals surface area contributed by atoms with Gasteiger partial charge in [-0.15, -0.1) is 5.10 Å². The van der Waals surface area contributed by atoms with Crippen LogP contribution in [0.2, 0.25) is 5.02 Å². The van der Waals surface area contributed by atoms with E-state index in [-0.39, 0.29) is 45.2 Å². The highest BCUT2D eigenvalue weighted by molar-refractivity contribution is 6.31. The highest BCUT2D eigenvalue weighted by Gasteiger charge is 2.33. The van der Waals surface area contributed by atoms with Crippen molar-refractivity contribution in [3.63, 3.8) is 0 Å². The fourth-order valence-electron chi connectivity index (χ4n) is 4.78. The van der Waals surface area contributed by atoms with Crippen molar-refractivity contribution in [1.29, 1.82) is 0 Å². The third-order valence-corrected chi connectivity index (χ3v) is 7.15. The molecule has 0 unspecified atom stereocenters. The minimum Gasteiger partial charge on any atom is -0.618 e. The van der Waals surface area contributed by atoms with Crippen LogP contribution in [0.15, 0.2) is 79.8 Å². The van der Waals surface area contributed by atoms with Gasteiger partial charge >= 0.3 is 12.7 Å². The molecule has 6 rings (SSSR count). The molecule has 0 aliphatic carbocycles. The van der Waals surface area contributed by atoms with E-state index in [9.17, 15) is 27.2 Å². The highest BCUT2D eigenvalue weighted by atomic mass is 35.5. The van der Waals surface area contributed by atoms with Crippen molar-refractivity contribution >= 4 is 11.6 Å². The number of benzene rings is 1. The summed E-state index contributed by atoms with van der Waals surface area (Å²) in [5, 5.41) is 32.1. The van der Waals surface area contributed by atoms with Gasteiger partial charge in [0.1, 0.15) is 18.1 Å². The Balaban J connectivity index is 1.43. The molecule has 0 radical (unpaired) electrons. The van der Waals surface area contributed by atoms with Crippen molar-refractivity contribution in [2.24, 2.45) is 0 Å². The Bertz CT molecular complexity index is 1960. The first-order chi connectivity index (χ1) is 21.5. The molecule has 0 saturated carbocycles. The molecule has 0 bridgehead atoms. The van der Waals surface area contributed by atoms with Gasteiger partial charge < -0.3 is 5.21 Å². The van der Waals surface area contributed by atoms with Crippen molar-refractivity contribution in [2.45, 2.75) is 25.2 Å². The minimum absolute atomic E-state index is 0.0436. The third kappa shape index (κ3) is 5.81. The smallest absolute Gasteiger partial charge is 0.433 e. The van der Waals surface area contributed by atoms with Crippen molar-refractivity contribution < 1.29 is 31.1 Å². The Morgan fingerprint density at radius 2 is 1.80 bits per heavy atom. The van der Waals surface area contributed by atoms with Gasteiger partial charge in [0.2, 0.25) is 5.69 Å². The molecule has 0 aliphatic rings. The van der Waals surface area contributed by atoms with E-state index in [1.54, 1.807) is 0 Å². The van der Waals surface area contributed by atoms with Crippen molar-refractivity contribution in [2.75, 3.05) is 0 Å². The Morgan fingerprint density at radius 1 is 0.978 bits per heavy atom. The fraction of sp³-hybridized carbons (Fsp3) is 0.148. The van der Waals surface area contributed by atoms with E-state index < -0.39 is 30.3 Å². The summed E-state index contributed by atoms with van der Waals surface area (Å²) in [5.41, 5.74) is -0.237. The maximum atomic E-state index is 15.3. The highest BCUT2D eigenvalue weighted by Crippen LogP contribution is 2.34. The van der Waals surface area contributed by atoms with E-state index in [0.29, 0.717) is 15.0 Å². The number of aromatic nitrogens is 10. The second kappa shape index (κ2) is 11.6.